The van der Waals surface area contributed by atoms with Gasteiger partial charge in [-0.2, -0.15) is 13.2 Å². The fourth-order valence-corrected chi connectivity index (χ4v) is 1.86. The molecule has 0 fully saturated rings. The first-order valence-corrected chi connectivity index (χ1v) is 5.92. The van der Waals surface area contributed by atoms with Crippen LogP contribution in [0.2, 0.25) is 0 Å². The van der Waals surface area contributed by atoms with E-state index in [-0.39, 0.29) is 12.1 Å². The number of fused-ring (bicyclic) bond motifs is 1. The number of aromatic carboxylic acids is 1. The molecule has 2 aromatic rings. The third-order valence-electron chi connectivity index (χ3n) is 2.82. The van der Waals surface area contributed by atoms with Crippen LogP contribution in [0.3, 0.4) is 0 Å². The number of rotatable bonds is 4. The molecule has 0 unspecified atom stereocenters. The number of carboxylic acid groups (broad SMARTS) is 1. The molecule has 1 amide bonds. The van der Waals surface area contributed by atoms with E-state index >= 15 is 0 Å². The third-order valence-corrected chi connectivity index (χ3v) is 2.82. The lowest BCUT2D eigenvalue weighted by atomic mass is 10.1. The molecule has 8 heteroatoms. The average molecular weight is 300 g/mol. The average Bonchev–Trinajstić information content (AvgIpc) is 2.78. The Morgan fingerprint density at radius 3 is 2.57 bits per heavy atom. The maximum Gasteiger partial charge on any atom is 0.405 e. The normalized spacial score (nSPS) is 11.6. The van der Waals surface area contributed by atoms with Crippen molar-refractivity contribution in [3.8, 4) is 0 Å². The minimum atomic E-state index is -4.47. The Balaban J connectivity index is 2.16. The molecule has 0 atom stereocenters. The van der Waals surface area contributed by atoms with E-state index in [1.54, 1.807) is 17.4 Å². The number of nitrogens with one attached hydrogen (secondary N) is 1. The van der Waals surface area contributed by atoms with Crippen LogP contribution < -0.4 is 5.32 Å². The summed E-state index contributed by atoms with van der Waals surface area (Å²) in [6, 6.07) is 6.01. The number of carbonyl (C=O) groups is 2. The lowest BCUT2D eigenvalue weighted by Gasteiger charge is -2.09. The van der Waals surface area contributed by atoms with E-state index < -0.39 is 24.6 Å². The van der Waals surface area contributed by atoms with Crippen LogP contribution in [0.4, 0.5) is 13.2 Å². The molecule has 0 aliphatic heterocycles. The van der Waals surface area contributed by atoms with Crippen molar-refractivity contribution in [1.29, 1.82) is 0 Å². The lowest BCUT2D eigenvalue weighted by Crippen LogP contribution is -2.35. The number of hydrogen-bond acceptors (Lipinski definition) is 2. The van der Waals surface area contributed by atoms with Gasteiger partial charge in [-0.25, -0.2) is 4.79 Å². The summed E-state index contributed by atoms with van der Waals surface area (Å²) in [6.45, 7) is -1.71. The molecule has 1 heterocycles. The van der Waals surface area contributed by atoms with Gasteiger partial charge in [0, 0.05) is 11.7 Å². The van der Waals surface area contributed by atoms with Crippen molar-refractivity contribution in [1.82, 2.24) is 9.88 Å². The molecule has 1 aromatic carbocycles. The molecule has 21 heavy (non-hydrogen) atoms. The highest BCUT2D eigenvalue weighted by molar-refractivity contribution is 5.93. The highest BCUT2D eigenvalue weighted by atomic mass is 19.4. The number of nitrogens with zero attached hydrogens (tertiary/aromatic N) is 1. The van der Waals surface area contributed by atoms with E-state index in [9.17, 15) is 22.8 Å². The molecule has 0 radical (unpaired) electrons. The SMILES string of the molecule is O=C(Cn1ccc2ccc(C(=O)O)cc21)NCC(F)(F)F. The lowest BCUT2D eigenvalue weighted by molar-refractivity contribution is -0.138. The summed E-state index contributed by atoms with van der Waals surface area (Å²) in [4.78, 5) is 22.4. The van der Waals surface area contributed by atoms with Gasteiger partial charge in [0.2, 0.25) is 5.91 Å². The van der Waals surface area contributed by atoms with E-state index in [0.29, 0.717) is 10.9 Å². The number of carboxylic acids is 1. The second kappa shape index (κ2) is 5.47. The van der Waals surface area contributed by atoms with Crippen molar-refractivity contribution >= 4 is 22.8 Å². The number of carbonyl (C=O) groups excluding carboxylic acids is 1. The van der Waals surface area contributed by atoms with Gasteiger partial charge in [0.15, 0.2) is 0 Å². The van der Waals surface area contributed by atoms with Crippen molar-refractivity contribution < 1.29 is 27.9 Å². The third kappa shape index (κ3) is 3.74. The maximum atomic E-state index is 12.0. The zero-order valence-electron chi connectivity index (χ0n) is 10.6. The number of halogens is 3. The van der Waals surface area contributed by atoms with Gasteiger partial charge in [-0.1, -0.05) is 6.07 Å². The summed E-state index contributed by atoms with van der Waals surface area (Å²) in [7, 11) is 0. The quantitative estimate of drug-likeness (QED) is 0.907. The number of amides is 1. The summed E-state index contributed by atoms with van der Waals surface area (Å²) in [5.41, 5.74) is 0.509. The van der Waals surface area contributed by atoms with Crippen LogP contribution in [-0.2, 0) is 11.3 Å². The van der Waals surface area contributed by atoms with Crippen molar-refractivity contribution in [3.05, 3.63) is 36.0 Å². The van der Waals surface area contributed by atoms with E-state index in [1.165, 1.54) is 22.9 Å². The Labute approximate surface area is 117 Å². The molecule has 0 aliphatic rings. The molecule has 0 saturated carbocycles. The molecule has 1 aromatic heterocycles. The van der Waals surface area contributed by atoms with Crippen LogP contribution in [0.5, 0.6) is 0 Å². The van der Waals surface area contributed by atoms with Crippen LogP contribution in [0.25, 0.3) is 10.9 Å². The van der Waals surface area contributed by atoms with Gasteiger partial charge in [0.25, 0.3) is 0 Å². The largest absolute Gasteiger partial charge is 0.478 e. The number of benzene rings is 1. The summed E-state index contributed by atoms with van der Waals surface area (Å²) in [5, 5.41) is 11.4. The van der Waals surface area contributed by atoms with E-state index in [0.717, 1.165) is 0 Å². The molecule has 5 nitrogen and oxygen atoms in total. The van der Waals surface area contributed by atoms with Crippen molar-refractivity contribution in [2.75, 3.05) is 6.54 Å². The minimum Gasteiger partial charge on any atom is -0.478 e. The second-order valence-electron chi connectivity index (χ2n) is 4.41. The van der Waals surface area contributed by atoms with E-state index in [4.69, 9.17) is 5.11 Å². The zero-order valence-corrected chi connectivity index (χ0v) is 10.6. The van der Waals surface area contributed by atoms with Gasteiger partial charge >= 0.3 is 12.1 Å². The van der Waals surface area contributed by atoms with Crippen LogP contribution in [0.1, 0.15) is 10.4 Å². The Hall–Kier alpha value is -2.51. The van der Waals surface area contributed by atoms with Gasteiger partial charge in [0.05, 0.1) is 5.56 Å². The Morgan fingerprint density at radius 2 is 1.95 bits per heavy atom. The van der Waals surface area contributed by atoms with Crippen molar-refractivity contribution in [3.63, 3.8) is 0 Å². The summed E-state index contributed by atoms with van der Waals surface area (Å²) in [6.07, 6.45) is -2.95. The molecule has 2 N–H and O–H groups in total. The van der Waals surface area contributed by atoms with Gasteiger partial charge in [-0.05, 0) is 23.6 Å². The molecular weight excluding hydrogens is 289 g/mol. The standard InChI is InChI=1S/C13H11F3N2O3/c14-13(15,16)7-17-11(19)6-18-4-3-8-1-2-9(12(20)21)5-10(8)18/h1-5H,6-7H2,(H,17,19)(H,20,21). The van der Waals surface area contributed by atoms with Gasteiger partial charge < -0.3 is 15.0 Å². The molecular formula is C13H11F3N2O3. The fourth-order valence-electron chi connectivity index (χ4n) is 1.86. The Kier molecular flexibility index (Phi) is 3.88. The molecule has 0 aliphatic carbocycles. The number of hydrogen-bond donors (Lipinski definition) is 2. The van der Waals surface area contributed by atoms with Gasteiger partial charge in [-0.3, -0.25) is 4.79 Å². The predicted molar refractivity (Wildman–Crippen MR) is 68.0 cm³/mol. The van der Waals surface area contributed by atoms with Crippen molar-refractivity contribution in [2.45, 2.75) is 12.7 Å². The molecule has 112 valence electrons. The first-order valence-electron chi connectivity index (χ1n) is 5.92. The van der Waals surface area contributed by atoms with E-state index in [2.05, 4.69) is 0 Å². The van der Waals surface area contributed by atoms with Gasteiger partial charge in [0.1, 0.15) is 13.1 Å². The monoisotopic (exact) mass is 300 g/mol. The van der Waals surface area contributed by atoms with Gasteiger partial charge in [-0.15, -0.1) is 0 Å². The summed E-state index contributed by atoms with van der Waals surface area (Å²) >= 11 is 0. The highest BCUT2D eigenvalue weighted by Crippen LogP contribution is 2.18. The smallest absolute Gasteiger partial charge is 0.405 e. The van der Waals surface area contributed by atoms with Crippen LogP contribution in [0, 0.1) is 0 Å². The summed E-state index contributed by atoms with van der Waals surface area (Å²) < 4.78 is 37.4. The molecule has 0 spiro atoms. The number of aromatic nitrogens is 1. The number of alkyl halides is 3. The van der Waals surface area contributed by atoms with E-state index in [1.807, 2.05) is 0 Å². The highest BCUT2D eigenvalue weighted by Gasteiger charge is 2.27. The second-order valence-corrected chi connectivity index (χ2v) is 4.41. The topological polar surface area (TPSA) is 71.3 Å². The van der Waals surface area contributed by atoms with Crippen LogP contribution in [-0.4, -0.2) is 34.3 Å². The first kappa shape index (κ1) is 14.9. The fraction of sp³-hybridized carbons (Fsp3) is 0.231. The molecule has 0 saturated heterocycles. The first-order chi connectivity index (χ1) is 9.76. The summed E-state index contributed by atoms with van der Waals surface area (Å²) in [5.74, 6) is -1.92. The minimum absolute atomic E-state index is 0.0400. The van der Waals surface area contributed by atoms with Crippen LogP contribution in [0.15, 0.2) is 30.5 Å². The molecule has 0 bridgehead atoms. The van der Waals surface area contributed by atoms with Crippen molar-refractivity contribution in [2.24, 2.45) is 0 Å². The maximum absolute atomic E-state index is 12.0. The van der Waals surface area contributed by atoms with Crippen LogP contribution >= 0.6 is 0 Å². The molecule has 2 rings (SSSR count). The Morgan fingerprint density at radius 1 is 1.24 bits per heavy atom. The predicted octanol–water partition coefficient (Wildman–Crippen LogP) is 2.02. The Bertz CT molecular complexity index is 692. The zero-order chi connectivity index (χ0) is 15.6.